The van der Waals surface area contributed by atoms with E-state index >= 15 is 0 Å². The van der Waals surface area contributed by atoms with Crippen molar-refractivity contribution in [2.45, 2.75) is 19.3 Å². The second-order valence-corrected chi connectivity index (χ2v) is 4.25. The number of hydrazone groups is 1. The lowest BCUT2D eigenvalue weighted by atomic mass is 10.1. The van der Waals surface area contributed by atoms with Gasteiger partial charge in [-0.3, -0.25) is 9.80 Å². The molecule has 1 aliphatic heterocycles. The lowest BCUT2D eigenvalue weighted by Crippen LogP contribution is -2.21. The summed E-state index contributed by atoms with van der Waals surface area (Å²) in [6, 6.07) is 0. The summed E-state index contributed by atoms with van der Waals surface area (Å²) in [7, 11) is 1.96. The molecule has 1 aliphatic rings. The van der Waals surface area contributed by atoms with Gasteiger partial charge in [0.2, 0.25) is 0 Å². The first-order valence-corrected chi connectivity index (χ1v) is 6.32. The monoisotopic (exact) mass is 262 g/mol. The number of carbonyl (C=O) groups excluding carboxylic acids is 1. The van der Waals surface area contributed by atoms with Crippen LogP contribution in [-0.4, -0.2) is 39.9 Å². The zero-order chi connectivity index (χ0) is 13.7. The average molecular weight is 262 g/mol. The van der Waals surface area contributed by atoms with Gasteiger partial charge in [-0.05, 0) is 6.92 Å². The van der Waals surface area contributed by atoms with Gasteiger partial charge < -0.3 is 9.30 Å². The summed E-state index contributed by atoms with van der Waals surface area (Å²) >= 11 is 0. The normalized spacial score (nSPS) is 17.8. The molecule has 0 radical (unpaired) electrons. The maximum absolute atomic E-state index is 11.2. The van der Waals surface area contributed by atoms with Gasteiger partial charge in [0.15, 0.2) is 0 Å². The van der Waals surface area contributed by atoms with Crippen LogP contribution in [0.15, 0.2) is 29.8 Å². The van der Waals surface area contributed by atoms with Crippen molar-refractivity contribution < 1.29 is 9.53 Å². The second-order valence-electron chi connectivity index (χ2n) is 4.25. The summed E-state index contributed by atoms with van der Waals surface area (Å²) < 4.78 is 6.84. The number of rotatable bonds is 5. The standard InChI is InChI=1S/C13H18N4O2/c1-3-19-12(18)5-8-17-7-4-11(10-15-17)13-14-6-9-16(13)2/h4,6-7,9-11H,3,5,8H2,1-2H3. The Bertz CT molecular complexity index is 479. The molecule has 19 heavy (non-hydrogen) atoms. The Kier molecular flexibility index (Phi) is 4.33. The van der Waals surface area contributed by atoms with Crippen molar-refractivity contribution in [2.75, 3.05) is 13.2 Å². The zero-order valence-corrected chi connectivity index (χ0v) is 11.2. The molecule has 0 saturated carbocycles. The van der Waals surface area contributed by atoms with Crippen LogP contribution in [0.5, 0.6) is 0 Å². The van der Waals surface area contributed by atoms with Gasteiger partial charge in [0.05, 0.1) is 25.5 Å². The molecule has 1 atom stereocenters. The Morgan fingerprint density at radius 3 is 2.95 bits per heavy atom. The fraction of sp³-hybridized carbons (Fsp3) is 0.462. The topological polar surface area (TPSA) is 59.7 Å². The van der Waals surface area contributed by atoms with E-state index < -0.39 is 0 Å². The van der Waals surface area contributed by atoms with E-state index in [1.54, 1.807) is 18.1 Å². The van der Waals surface area contributed by atoms with Crippen molar-refractivity contribution in [1.29, 1.82) is 0 Å². The molecule has 0 fully saturated rings. The van der Waals surface area contributed by atoms with E-state index in [1.807, 2.05) is 36.3 Å². The van der Waals surface area contributed by atoms with Gasteiger partial charge in [0.25, 0.3) is 0 Å². The molecule has 2 rings (SSSR count). The molecule has 0 saturated heterocycles. The van der Waals surface area contributed by atoms with Gasteiger partial charge in [-0.1, -0.05) is 6.08 Å². The van der Waals surface area contributed by atoms with Crippen LogP contribution in [0.1, 0.15) is 25.1 Å². The minimum absolute atomic E-state index is 0.0823. The Hall–Kier alpha value is -2.11. The number of esters is 1. The molecule has 0 bridgehead atoms. The fourth-order valence-corrected chi connectivity index (χ4v) is 1.86. The van der Waals surface area contributed by atoms with Crippen molar-refractivity contribution in [3.63, 3.8) is 0 Å². The lowest BCUT2D eigenvalue weighted by molar-refractivity contribution is -0.143. The van der Waals surface area contributed by atoms with E-state index in [9.17, 15) is 4.79 Å². The number of aryl methyl sites for hydroxylation is 1. The molecular formula is C13H18N4O2. The molecule has 1 unspecified atom stereocenters. The van der Waals surface area contributed by atoms with Crippen LogP contribution in [0.25, 0.3) is 0 Å². The largest absolute Gasteiger partial charge is 0.466 e. The Balaban J connectivity index is 1.85. The molecule has 2 heterocycles. The molecule has 0 aromatic carbocycles. The van der Waals surface area contributed by atoms with Crippen molar-refractivity contribution in [2.24, 2.45) is 12.1 Å². The van der Waals surface area contributed by atoms with E-state index in [2.05, 4.69) is 10.1 Å². The van der Waals surface area contributed by atoms with Crippen molar-refractivity contribution in [3.05, 3.63) is 30.5 Å². The summed E-state index contributed by atoms with van der Waals surface area (Å²) in [6.07, 6.45) is 9.73. The van der Waals surface area contributed by atoms with Gasteiger partial charge in [0.1, 0.15) is 5.82 Å². The number of aromatic nitrogens is 2. The minimum atomic E-state index is -0.197. The van der Waals surface area contributed by atoms with Crippen LogP contribution in [0.2, 0.25) is 0 Å². The van der Waals surface area contributed by atoms with Crippen molar-refractivity contribution in [1.82, 2.24) is 14.6 Å². The van der Waals surface area contributed by atoms with Crippen molar-refractivity contribution in [3.8, 4) is 0 Å². The van der Waals surface area contributed by atoms with Crippen molar-refractivity contribution >= 4 is 12.2 Å². The maximum atomic E-state index is 11.2. The van der Waals surface area contributed by atoms with Crippen LogP contribution < -0.4 is 0 Å². The predicted molar refractivity (Wildman–Crippen MR) is 71.5 cm³/mol. The summed E-state index contributed by atoms with van der Waals surface area (Å²) in [4.78, 5) is 15.5. The van der Waals surface area contributed by atoms with E-state index in [4.69, 9.17) is 4.74 Å². The first-order chi connectivity index (χ1) is 9.20. The fourth-order valence-electron chi connectivity index (χ4n) is 1.86. The van der Waals surface area contributed by atoms with Crippen LogP contribution in [0.3, 0.4) is 0 Å². The number of hydrogen-bond acceptors (Lipinski definition) is 5. The second kappa shape index (κ2) is 6.17. The predicted octanol–water partition coefficient (Wildman–Crippen LogP) is 1.27. The molecule has 6 nitrogen and oxygen atoms in total. The molecule has 0 N–H and O–H groups in total. The summed E-state index contributed by atoms with van der Waals surface area (Å²) in [5.74, 6) is 0.834. The summed E-state index contributed by atoms with van der Waals surface area (Å²) in [5, 5.41) is 6.03. The summed E-state index contributed by atoms with van der Waals surface area (Å²) in [6.45, 7) is 2.74. The number of hydrogen-bond donors (Lipinski definition) is 0. The third-order valence-corrected chi connectivity index (χ3v) is 2.85. The van der Waals surface area contributed by atoms with Crippen LogP contribution in [-0.2, 0) is 16.6 Å². The number of allylic oxidation sites excluding steroid dienone is 1. The van der Waals surface area contributed by atoms with Crippen LogP contribution >= 0.6 is 0 Å². The molecule has 0 aliphatic carbocycles. The van der Waals surface area contributed by atoms with E-state index in [1.165, 1.54) is 0 Å². The highest BCUT2D eigenvalue weighted by Gasteiger charge is 2.15. The molecule has 1 aromatic rings. The zero-order valence-electron chi connectivity index (χ0n) is 11.2. The van der Waals surface area contributed by atoms with Crippen LogP contribution in [0.4, 0.5) is 0 Å². The van der Waals surface area contributed by atoms with Gasteiger partial charge >= 0.3 is 5.97 Å². The van der Waals surface area contributed by atoms with E-state index in [-0.39, 0.29) is 11.9 Å². The number of nitrogens with zero attached hydrogens (tertiary/aromatic N) is 4. The van der Waals surface area contributed by atoms with Gasteiger partial charge in [-0.2, -0.15) is 5.10 Å². The first-order valence-electron chi connectivity index (χ1n) is 6.32. The lowest BCUT2D eigenvalue weighted by Gasteiger charge is -2.19. The smallest absolute Gasteiger partial charge is 0.307 e. The molecule has 102 valence electrons. The van der Waals surface area contributed by atoms with Gasteiger partial charge in [-0.15, -0.1) is 0 Å². The van der Waals surface area contributed by atoms with E-state index in [0.717, 1.165) is 5.82 Å². The molecule has 1 aromatic heterocycles. The number of ether oxygens (including phenoxy) is 1. The number of imidazole rings is 1. The first kappa shape index (κ1) is 13.3. The Morgan fingerprint density at radius 2 is 2.37 bits per heavy atom. The highest BCUT2D eigenvalue weighted by atomic mass is 16.5. The Labute approximate surface area is 112 Å². The molecule has 0 spiro atoms. The van der Waals surface area contributed by atoms with Gasteiger partial charge in [0, 0.05) is 31.9 Å². The highest BCUT2D eigenvalue weighted by molar-refractivity contribution is 5.71. The highest BCUT2D eigenvalue weighted by Crippen LogP contribution is 2.16. The van der Waals surface area contributed by atoms with Gasteiger partial charge in [-0.25, -0.2) is 4.98 Å². The third kappa shape index (κ3) is 3.43. The minimum Gasteiger partial charge on any atom is -0.466 e. The molecule has 6 heteroatoms. The molecule has 0 amide bonds. The SMILES string of the molecule is CCOC(=O)CCN1C=CC(c2nccn2C)C=N1. The summed E-state index contributed by atoms with van der Waals surface area (Å²) in [5.41, 5.74) is 0. The maximum Gasteiger partial charge on any atom is 0.307 e. The van der Waals surface area contributed by atoms with Crippen LogP contribution in [0, 0.1) is 0 Å². The quantitative estimate of drug-likeness (QED) is 0.750. The molecular weight excluding hydrogens is 244 g/mol. The average Bonchev–Trinajstić information content (AvgIpc) is 2.84. The third-order valence-electron chi connectivity index (χ3n) is 2.85. The number of carbonyl (C=O) groups is 1. The Morgan fingerprint density at radius 1 is 1.53 bits per heavy atom. The van der Waals surface area contributed by atoms with E-state index in [0.29, 0.717) is 19.6 Å².